The molecule has 1 aromatic heterocycles. The molecule has 1 N–H and O–H groups in total. The molecular weight excluding hydrogens is 262 g/mol. The number of piperazine rings is 1. The van der Waals surface area contributed by atoms with E-state index in [4.69, 9.17) is 0 Å². The van der Waals surface area contributed by atoms with Crippen LogP contribution in [0.5, 0.6) is 0 Å². The predicted octanol–water partition coefficient (Wildman–Crippen LogP) is 1.83. The van der Waals surface area contributed by atoms with Gasteiger partial charge in [-0.2, -0.15) is 5.10 Å². The molecule has 112 valence electrons. The molecule has 2 heterocycles. The average molecular weight is 285 g/mol. The molecule has 0 bridgehead atoms. The molecule has 0 spiro atoms. The number of nitrogens with one attached hydrogen (secondary N) is 1. The number of nitrogens with zero attached hydrogens (tertiary/aromatic N) is 4. The molecule has 3 rings (SSSR count). The van der Waals surface area contributed by atoms with E-state index in [1.807, 2.05) is 4.68 Å². The number of aromatic nitrogens is 3. The van der Waals surface area contributed by atoms with Gasteiger partial charge >= 0.3 is 0 Å². The van der Waals surface area contributed by atoms with Crippen molar-refractivity contribution in [1.29, 1.82) is 0 Å². The van der Waals surface area contributed by atoms with Crippen LogP contribution in [0.2, 0.25) is 0 Å². The van der Waals surface area contributed by atoms with Gasteiger partial charge in [-0.15, -0.1) is 0 Å². The first-order chi connectivity index (χ1) is 10.3. The van der Waals surface area contributed by atoms with Crippen molar-refractivity contribution in [1.82, 2.24) is 25.0 Å². The highest BCUT2D eigenvalue weighted by molar-refractivity contribution is 5.20. The molecular formula is C16H23N5. The lowest BCUT2D eigenvalue weighted by atomic mass is 10.0. The third kappa shape index (κ3) is 3.14. The summed E-state index contributed by atoms with van der Waals surface area (Å²) in [7, 11) is 0. The second-order valence-electron chi connectivity index (χ2n) is 5.66. The minimum Gasteiger partial charge on any atom is -0.311 e. The Morgan fingerprint density at radius 2 is 2.10 bits per heavy atom. The molecule has 1 fully saturated rings. The lowest BCUT2D eigenvalue weighted by Gasteiger charge is -2.39. The van der Waals surface area contributed by atoms with Gasteiger partial charge < -0.3 is 5.32 Å². The number of rotatable bonds is 4. The molecule has 21 heavy (non-hydrogen) atoms. The zero-order valence-corrected chi connectivity index (χ0v) is 12.7. The molecule has 2 atom stereocenters. The highest BCUT2D eigenvalue weighted by Crippen LogP contribution is 2.24. The fraction of sp³-hybridized carbons (Fsp3) is 0.500. The Balaban J connectivity index is 1.82. The predicted molar refractivity (Wildman–Crippen MR) is 82.8 cm³/mol. The zero-order chi connectivity index (χ0) is 14.7. The van der Waals surface area contributed by atoms with Crippen LogP contribution >= 0.6 is 0 Å². The summed E-state index contributed by atoms with van der Waals surface area (Å²) in [4.78, 5) is 6.93. The fourth-order valence-corrected chi connectivity index (χ4v) is 3.02. The molecule has 1 aromatic carbocycles. The van der Waals surface area contributed by atoms with Crippen molar-refractivity contribution in [3.05, 3.63) is 48.0 Å². The van der Waals surface area contributed by atoms with Crippen LogP contribution in [0.15, 0.2) is 36.7 Å². The van der Waals surface area contributed by atoms with Crippen LogP contribution in [-0.2, 0) is 13.1 Å². The Bertz CT molecular complexity index is 565. The van der Waals surface area contributed by atoms with Crippen molar-refractivity contribution >= 4 is 0 Å². The SMILES string of the molecule is CCn1ncnc1CN1CC(C)NCC1c1ccccc1. The van der Waals surface area contributed by atoms with E-state index in [1.165, 1.54) is 5.56 Å². The van der Waals surface area contributed by atoms with Crippen molar-refractivity contribution in [2.24, 2.45) is 0 Å². The van der Waals surface area contributed by atoms with Gasteiger partial charge in [0.1, 0.15) is 12.2 Å². The highest BCUT2D eigenvalue weighted by atomic mass is 15.4. The van der Waals surface area contributed by atoms with E-state index in [1.54, 1.807) is 6.33 Å². The summed E-state index contributed by atoms with van der Waals surface area (Å²) >= 11 is 0. The Labute approximate surface area is 126 Å². The smallest absolute Gasteiger partial charge is 0.141 e. The summed E-state index contributed by atoms with van der Waals surface area (Å²) < 4.78 is 1.98. The van der Waals surface area contributed by atoms with Crippen LogP contribution in [0.25, 0.3) is 0 Å². The van der Waals surface area contributed by atoms with Crippen LogP contribution in [0, 0.1) is 0 Å². The molecule has 0 amide bonds. The Kier molecular flexibility index (Phi) is 4.31. The molecule has 0 saturated carbocycles. The molecule has 0 aliphatic carbocycles. The first-order valence-corrected chi connectivity index (χ1v) is 7.67. The minimum absolute atomic E-state index is 0.393. The van der Waals surface area contributed by atoms with Crippen LogP contribution in [0.4, 0.5) is 0 Å². The highest BCUT2D eigenvalue weighted by Gasteiger charge is 2.28. The van der Waals surface area contributed by atoms with Crippen LogP contribution in [0.3, 0.4) is 0 Å². The van der Waals surface area contributed by atoms with Gasteiger partial charge in [-0.05, 0) is 19.4 Å². The normalized spacial score (nSPS) is 23.3. The van der Waals surface area contributed by atoms with Gasteiger partial charge in [0.05, 0.1) is 6.54 Å². The summed E-state index contributed by atoms with van der Waals surface area (Å²) in [5, 5.41) is 7.86. The monoisotopic (exact) mass is 285 g/mol. The molecule has 1 aliphatic heterocycles. The molecule has 1 saturated heterocycles. The van der Waals surface area contributed by atoms with Crippen molar-refractivity contribution < 1.29 is 0 Å². The van der Waals surface area contributed by atoms with E-state index < -0.39 is 0 Å². The molecule has 5 nitrogen and oxygen atoms in total. The largest absolute Gasteiger partial charge is 0.311 e. The number of hydrogen-bond donors (Lipinski definition) is 1. The topological polar surface area (TPSA) is 46.0 Å². The molecule has 5 heteroatoms. The van der Waals surface area contributed by atoms with Crippen molar-refractivity contribution in [3.8, 4) is 0 Å². The Morgan fingerprint density at radius 1 is 1.29 bits per heavy atom. The van der Waals surface area contributed by atoms with E-state index in [2.05, 4.69) is 64.5 Å². The number of hydrogen-bond acceptors (Lipinski definition) is 4. The Hall–Kier alpha value is -1.72. The van der Waals surface area contributed by atoms with Crippen molar-refractivity contribution in [2.45, 2.75) is 39.0 Å². The zero-order valence-electron chi connectivity index (χ0n) is 12.7. The van der Waals surface area contributed by atoms with Crippen LogP contribution in [-0.4, -0.2) is 38.8 Å². The van der Waals surface area contributed by atoms with E-state index in [-0.39, 0.29) is 0 Å². The molecule has 2 aromatic rings. The van der Waals surface area contributed by atoms with Gasteiger partial charge in [0.15, 0.2) is 0 Å². The maximum atomic E-state index is 4.42. The fourth-order valence-electron chi connectivity index (χ4n) is 3.02. The summed E-state index contributed by atoms with van der Waals surface area (Å²) in [5.41, 5.74) is 1.36. The van der Waals surface area contributed by atoms with Gasteiger partial charge in [-0.1, -0.05) is 30.3 Å². The first-order valence-electron chi connectivity index (χ1n) is 7.67. The third-order valence-corrected chi connectivity index (χ3v) is 4.13. The average Bonchev–Trinajstić information content (AvgIpc) is 2.95. The molecule has 2 unspecified atom stereocenters. The third-order valence-electron chi connectivity index (χ3n) is 4.13. The van der Waals surface area contributed by atoms with Crippen LogP contribution < -0.4 is 5.32 Å². The maximum absolute atomic E-state index is 4.42. The summed E-state index contributed by atoms with van der Waals surface area (Å²) in [6, 6.07) is 11.6. The van der Waals surface area contributed by atoms with E-state index >= 15 is 0 Å². The van der Waals surface area contributed by atoms with Gasteiger partial charge in [0.2, 0.25) is 0 Å². The molecule has 1 aliphatic rings. The molecule has 0 radical (unpaired) electrons. The van der Waals surface area contributed by atoms with Gasteiger partial charge in [-0.25, -0.2) is 9.67 Å². The van der Waals surface area contributed by atoms with Gasteiger partial charge in [0, 0.05) is 31.7 Å². The number of aryl methyl sites for hydroxylation is 1. The van der Waals surface area contributed by atoms with Crippen molar-refractivity contribution in [3.63, 3.8) is 0 Å². The van der Waals surface area contributed by atoms with Gasteiger partial charge in [-0.3, -0.25) is 4.90 Å². The second-order valence-corrected chi connectivity index (χ2v) is 5.66. The quantitative estimate of drug-likeness (QED) is 0.931. The van der Waals surface area contributed by atoms with E-state index in [0.717, 1.165) is 32.0 Å². The van der Waals surface area contributed by atoms with Crippen molar-refractivity contribution in [2.75, 3.05) is 13.1 Å². The lowest BCUT2D eigenvalue weighted by Crippen LogP contribution is -2.50. The Morgan fingerprint density at radius 3 is 2.86 bits per heavy atom. The first kappa shape index (κ1) is 14.2. The van der Waals surface area contributed by atoms with E-state index in [9.17, 15) is 0 Å². The maximum Gasteiger partial charge on any atom is 0.141 e. The number of benzene rings is 1. The van der Waals surface area contributed by atoms with E-state index in [0.29, 0.717) is 12.1 Å². The lowest BCUT2D eigenvalue weighted by molar-refractivity contribution is 0.122. The summed E-state index contributed by atoms with van der Waals surface area (Å²) in [6.45, 7) is 8.06. The van der Waals surface area contributed by atoms with Gasteiger partial charge in [0.25, 0.3) is 0 Å². The summed E-state index contributed by atoms with van der Waals surface area (Å²) in [6.07, 6.45) is 1.65. The summed E-state index contributed by atoms with van der Waals surface area (Å²) in [5.74, 6) is 1.05. The second kappa shape index (κ2) is 6.37. The van der Waals surface area contributed by atoms with Crippen LogP contribution in [0.1, 0.15) is 31.3 Å². The minimum atomic E-state index is 0.393. The standard InChI is InChI=1S/C16H23N5/c1-3-21-16(18-12-19-21)11-20-10-13(2)17-9-15(20)14-7-5-4-6-8-14/h4-8,12-13,15,17H,3,9-11H2,1-2H3.